The van der Waals surface area contributed by atoms with Crippen molar-refractivity contribution >= 4 is 5.97 Å². The quantitative estimate of drug-likeness (QED) is 0.130. The molecule has 0 spiro atoms. The Bertz CT molecular complexity index is 895. The van der Waals surface area contributed by atoms with Gasteiger partial charge in [-0.1, -0.05) is 0 Å². The first-order valence-electron chi connectivity index (χ1n) is 12.4. The lowest BCUT2D eigenvalue weighted by Gasteiger charge is -2.45. The molecule has 1 aliphatic carbocycles. The molecule has 15 unspecified atom stereocenters. The van der Waals surface area contributed by atoms with Crippen LogP contribution in [0.1, 0.15) is 13.3 Å². The molecule has 16 heteroatoms. The minimum Gasteiger partial charge on any atom is -0.471 e. The summed E-state index contributed by atoms with van der Waals surface area (Å²) in [6.45, 7) is 0.144. The molecule has 4 aliphatic rings. The van der Waals surface area contributed by atoms with Crippen LogP contribution in [0.4, 0.5) is 0 Å². The minimum absolute atomic E-state index is 0.0287. The monoisotopic (exact) mass is 568 g/mol. The van der Waals surface area contributed by atoms with Crippen molar-refractivity contribution in [3.63, 3.8) is 0 Å². The van der Waals surface area contributed by atoms with Crippen LogP contribution in [0.3, 0.4) is 0 Å². The van der Waals surface area contributed by atoms with Crippen LogP contribution >= 0.6 is 0 Å². The predicted molar refractivity (Wildman–Crippen MR) is 121 cm³/mol. The molecule has 3 aliphatic heterocycles. The molecule has 15 atom stereocenters. The molecule has 4 rings (SSSR count). The SMILES string of the molecule is COC(=O)C1=COC(OC2OC(COC3OC(CO)C(O)C(O)C3O)C(O)C(O)C2O)C2C1C(O)CC2(C)O. The number of hydrogen-bond acceptors (Lipinski definition) is 16. The number of methoxy groups -OCH3 is 1. The normalized spacial score (nSPS) is 50.1. The van der Waals surface area contributed by atoms with E-state index in [1.165, 1.54) is 6.92 Å². The van der Waals surface area contributed by atoms with E-state index in [4.69, 9.17) is 28.4 Å². The van der Waals surface area contributed by atoms with Gasteiger partial charge in [-0.05, 0) is 6.92 Å². The molecule has 0 aromatic rings. The van der Waals surface area contributed by atoms with Crippen LogP contribution in [0.5, 0.6) is 0 Å². The maximum absolute atomic E-state index is 12.2. The average Bonchev–Trinajstić information content (AvgIpc) is 3.16. The fourth-order valence-electron chi connectivity index (χ4n) is 5.59. The van der Waals surface area contributed by atoms with Gasteiger partial charge in [0.25, 0.3) is 0 Å². The Kier molecular flexibility index (Phi) is 9.19. The summed E-state index contributed by atoms with van der Waals surface area (Å²) in [4.78, 5) is 12.2. The van der Waals surface area contributed by atoms with Crippen molar-refractivity contribution in [3.05, 3.63) is 11.8 Å². The summed E-state index contributed by atoms with van der Waals surface area (Å²) in [6.07, 6.45) is -17.9. The van der Waals surface area contributed by atoms with Crippen LogP contribution in [0.15, 0.2) is 11.8 Å². The second kappa shape index (κ2) is 11.8. The van der Waals surface area contributed by atoms with Crippen LogP contribution in [-0.4, -0.2) is 152 Å². The van der Waals surface area contributed by atoms with E-state index < -0.39 is 110 Å². The van der Waals surface area contributed by atoms with Crippen molar-refractivity contribution in [1.29, 1.82) is 0 Å². The third-order valence-corrected chi connectivity index (χ3v) is 7.75. The maximum Gasteiger partial charge on any atom is 0.337 e. The fraction of sp³-hybridized carbons (Fsp3) is 0.870. The van der Waals surface area contributed by atoms with Crippen LogP contribution in [-0.2, 0) is 33.2 Å². The molecule has 224 valence electrons. The number of fused-ring (bicyclic) bond motifs is 1. The van der Waals surface area contributed by atoms with Crippen molar-refractivity contribution in [1.82, 2.24) is 0 Å². The highest BCUT2D eigenvalue weighted by Gasteiger charge is 2.59. The van der Waals surface area contributed by atoms with E-state index in [-0.39, 0.29) is 12.0 Å². The van der Waals surface area contributed by atoms with E-state index in [1.54, 1.807) is 0 Å². The Morgan fingerprint density at radius 2 is 1.51 bits per heavy atom. The fourth-order valence-corrected chi connectivity index (χ4v) is 5.59. The zero-order valence-electron chi connectivity index (χ0n) is 21.2. The van der Waals surface area contributed by atoms with Gasteiger partial charge in [0, 0.05) is 12.3 Å². The van der Waals surface area contributed by atoms with Gasteiger partial charge in [0.1, 0.15) is 48.8 Å². The van der Waals surface area contributed by atoms with Crippen molar-refractivity contribution < 1.29 is 79.2 Å². The van der Waals surface area contributed by atoms with Gasteiger partial charge in [-0.3, -0.25) is 0 Å². The predicted octanol–water partition coefficient (Wildman–Crippen LogP) is -5.21. The summed E-state index contributed by atoms with van der Waals surface area (Å²) < 4.78 is 32.3. The molecular formula is C23H36O16. The first-order valence-corrected chi connectivity index (χ1v) is 12.4. The van der Waals surface area contributed by atoms with E-state index in [9.17, 15) is 50.8 Å². The Balaban J connectivity index is 1.47. The lowest BCUT2D eigenvalue weighted by atomic mass is 9.80. The molecular weight excluding hydrogens is 532 g/mol. The van der Waals surface area contributed by atoms with Crippen LogP contribution in [0, 0.1) is 11.8 Å². The van der Waals surface area contributed by atoms with Gasteiger partial charge >= 0.3 is 5.97 Å². The summed E-state index contributed by atoms with van der Waals surface area (Å²) in [5.41, 5.74) is -1.62. The van der Waals surface area contributed by atoms with Gasteiger partial charge in [-0.15, -0.1) is 0 Å². The van der Waals surface area contributed by atoms with Crippen molar-refractivity contribution in [2.24, 2.45) is 11.8 Å². The van der Waals surface area contributed by atoms with Gasteiger partial charge in [0.05, 0.1) is 49.8 Å². The number of ether oxygens (including phenoxy) is 6. The van der Waals surface area contributed by atoms with Gasteiger partial charge < -0.3 is 74.4 Å². The van der Waals surface area contributed by atoms with Crippen LogP contribution < -0.4 is 0 Å². The Hall–Kier alpha value is -1.51. The molecule has 3 heterocycles. The molecule has 16 nitrogen and oxygen atoms in total. The summed E-state index contributed by atoms with van der Waals surface area (Å²) in [5, 5.41) is 92.3. The largest absolute Gasteiger partial charge is 0.471 e. The Labute approximate surface area is 222 Å². The molecule has 2 saturated heterocycles. The van der Waals surface area contributed by atoms with Gasteiger partial charge in [-0.25, -0.2) is 4.79 Å². The summed E-state index contributed by atoms with van der Waals surface area (Å²) in [7, 11) is 1.14. The smallest absolute Gasteiger partial charge is 0.337 e. The lowest BCUT2D eigenvalue weighted by molar-refractivity contribution is -0.357. The third kappa shape index (κ3) is 5.67. The maximum atomic E-state index is 12.2. The standard InChI is InChI=1S/C23H36O16/c1-23(33)3-8(25)11-7(19(32)34-2)5-35-20(12(11)23)39-22-18(31)16(29)14(27)10(38-22)6-36-21-17(30)15(28)13(26)9(4-24)37-21/h5,8-18,20-22,24-31,33H,3-4,6H2,1-2H3. The molecule has 0 radical (unpaired) electrons. The number of aliphatic hydroxyl groups excluding tert-OH is 8. The number of aliphatic hydroxyl groups is 9. The number of esters is 1. The average molecular weight is 569 g/mol. The second-order valence-electron chi connectivity index (χ2n) is 10.4. The zero-order chi connectivity index (χ0) is 28.8. The van der Waals surface area contributed by atoms with E-state index in [0.717, 1.165) is 13.4 Å². The summed E-state index contributed by atoms with van der Waals surface area (Å²) >= 11 is 0. The van der Waals surface area contributed by atoms with E-state index >= 15 is 0 Å². The lowest BCUT2D eigenvalue weighted by Crippen LogP contribution is -2.62. The molecule has 0 bridgehead atoms. The van der Waals surface area contributed by atoms with Gasteiger partial charge in [-0.2, -0.15) is 0 Å². The molecule has 9 N–H and O–H groups in total. The molecule has 0 amide bonds. The van der Waals surface area contributed by atoms with E-state index in [0.29, 0.717) is 0 Å². The Morgan fingerprint density at radius 1 is 0.923 bits per heavy atom. The zero-order valence-corrected chi connectivity index (χ0v) is 21.2. The first-order chi connectivity index (χ1) is 18.3. The highest BCUT2D eigenvalue weighted by atomic mass is 16.8. The van der Waals surface area contributed by atoms with Gasteiger partial charge in [0.2, 0.25) is 6.29 Å². The molecule has 0 aromatic carbocycles. The third-order valence-electron chi connectivity index (χ3n) is 7.75. The minimum atomic E-state index is -1.82. The molecule has 39 heavy (non-hydrogen) atoms. The highest BCUT2D eigenvalue weighted by Crippen LogP contribution is 2.49. The summed E-state index contributed by atoms with van der Waals surface area (Å²) in [5.74, 6) is -2.76. The summed E-state index contributed by atoms with van der Waals surface area (Å²) in [6, 6.07) is 0. The first kappa shape index (κ1) is 30.4. The van der Waals surface area contributed by atoms with Gasteiger partial charge in [0.15, 0.2) is 12.6 Å². The Morgan fingerprint density at radius 3 is 2.13 bits per heavy atom. The van der Waals surface area contributed by atoms with E-state index in [2.05, 4.69) is 0 Å². The van der Waals surface area contributed by atoms with Crippen molar-refractivity contribution in [2.45, 2.75) is 92.8 Å². The number of hydrogen-bond donors (Lipinski definition) is 9. The van der Waals surface area contributed by atoms with Crippen LogP contribution in [0.2, 0.25) is 0 Å². The second-order valence-corrected chi connectivity index (χ2v) is 10.4. The topological polar surface area (TPSA) is 255 Å². The molecule has 0 aromatic heterocycles. The number of rotatable bonds is 7. The molecule has 3 fully saturated rings. The van der Waals surface area contributed by atoms with Crippen LogP contribution in [0.25, 0.3) is 0 Å². The highest BCUT2D eigenvalue weighted by molar-refractivity contribution is 5.89. The van der Waals surface area contributed by atoms with Crippen molar-refractivity contribution in [3.8, 4) is 0 Å². The number of carbonyl (C=O) groups is 1. The van der Waals surface area contributed by atoms with Crippen molar-refractivity contribution in [2.75, 3.05) is 20.3 Å². The number of carbonyl (C=O) groups excluding carboxylic acids is 1. The molecule has 1 saturated carbocycles. The van der Waals surface area contributed by atoms with E-state index in [1.807, 2.05) is 0 Å².